The van der Waals surface area contributed by atoms with Crippen molar-refractivity contribution in [2.24, 2.45) is 52.3 Å². The maximum absolute atomic E-state index is 13.0. The summed E-state index contributed by atoms with van der Waals surface area (Å²) < 4.78 is 0. The molecule has 0 saturated heterocycles. The van der Waals surface area contributed by atoms with Crippen LogP contribution in [0.5, 0.6) is 0 Å². The van der Waals surface area contributed by atoms with E-state index in [1.165, 1.54) is 44.9 Å². The van der Waals surface area contributed by atoms with E-state index in [4.69, 9.17) is 0 Å². The highest BCUT2D eigenvalue weighted by atomic mass is 16.3. The van der Waals surface area contributed by atoms with E-state index in [1.54, 1.807) is 0 Å². The minimum Gasteiger partial charge on any atom is -0.390 e. The number of Topliss-reactive ketones (excluding diaryl/α,β-unsaturated/α-hetero) is 1. The van der Waals surface area contributed by atoms with Crippen molar-refractivity contribution < 1.29 is 9.90 Å². The van der Waals surface area contributed by atoms with Gasteiger partial charge in [0.1, 0.15) is 5.78 Å². The molecule has 1 N–H and O–H groups in total. The molecule has 0 radical (unpaired) electrons. The summed E-state index contributed by atoms with van der Waals surface area (Å²) in [6, 6.07) is 0. The zero-order valence-electron chi connectivity index (χ0n) is 21.4. The number of carbonyl (C=O) groups excluding carboxylic acids is 1. The van der Waals surface area contributed by atoms with Crippen LogP contribution in [0.25, 0.3) is 0 Å². The second-order valence-corrected chi connectivity index (χ2v) is 13.4. The van der Waals surface area contributed by atoms with Crippen molar-refractivity contribution in [3.05, 3.63) is 0 Å². The Morgan fingerprint density at radius 2 is 1.65 bits per heavy atom. The standard InChI is InChI=1S/C29H50O2/c1-7-29(31)17-16-27(5)21(18-29)9-10-22-24-12-11-23(28(24,6)15-14-25(22)27)20(4)26(30)13-8-19(2)3/h19-25,31H,7-18H2,1-6H3/t20-,21+,22-,23+,24-,25-,27-,28+,29-/m0/s1. The number of hydrogen-bond acceptors (Lipinski definition) is 2. The van der Waals surface area contributed by atoms with E-state index >= 15 is 0 Å². The SMILES string of the molecule is CC[C@]1(O)CC[C@@]2(C)[C@H](CC[C@@H]3[C@@H]2CC[C@]2(C)[C@@H]([C@H](C)C(=O)CCC(C)C)CC[C@@H]32)C1. The lowest BCUT2D eigenvalue weighted by Gasteiger charge is -2.62. The van der Waals surface area contributed by atoms with E-state index < -0.39 is 5.60 Å². The zero-order valence-corrected chi connectivity index (χ0v) is 21.4. The van der Waals surface area contributed by atoms with Gasteiger partial charge in [0.15, 0.2) is 0 Å². The Hall–Kier alpha value is -0.370. The van der Waals surface area contributed by atoms with Crippen molar-refractivity contribution in [2.45, 2.75) is 124 Å². The van der Waals surface area contributed by atoms with Crippen molar-refractivity contribution in [1.82, 2.24) is 0 Å². The first-order valence-corrected chi connectivity index (χ1v) is 13.8. The molecular weight excluding hydrogens is 380 g/mol. The van der Waals surface area contributed by atoms with E-state index in [9.17, 15) is 9.90 Å². The highest BCUT2D eigenvalue weighted by Gasteiger charge is 2.61. The summed E-state index contributed by atoms with van der Waals surface area (Å²) in [7, 11) is 0. The first kappa shape index (κ1) is 23.8. The molecule has 0 aromatic heterocycles. The average molecular weight is 431 g/mol. The Morgan fingerprint density at radius 1 is 0.935 bits per heavy atom. The summed E-state index contributed by atoms with van der Waals surface area (Å²) in [6.07, 6.45) is 14.0. The van der Waals surface area contributed by atoms with Gasteiger partial charge in [-0.1, -0.05) is 41.5 Å². The highest BCUT2D eigenvalue weighted by Crippen LogP contribution is 2.68. The molecule has 0 spiro atoms. The Kier molecular flexibility index (Phi) is 6.48. The summed E-state index contributed by atoms with van der Waals surface area (Å²) in [6.45, 7) is 14.1. The summed E-state index contributed by atoms with van der Waals surface area (Å²) in [5, 5.41) is 11.0. The third-order valence-electron chi connectivity index (χ3n) is 11.6. The van der Waals surface area contributed by atoms with Crippen molar-refractivity contribution in [3.63, 3.8) is 0 Å². The maximum Gasteiger partial charge on any atom is 0.136 e. The zero-order chi connectivity index (χ0) is 22.6. The van der Waals surface area contributed by atoms with Crippen LogP contribution in [-0.2, 0) is 4.79 Å². The Balaban J connectivity index is 1.49. The van der Waals surface area contributed by atoms with Gasteiger partial charge in [-0.25, -0.2) is 0 Å². The lowest BCUT2D eigenvalue weighted by Crippen LogP contribution is -2.56. The molecule has 31 heavy (non-hydrogen) atoms. The molecule has 4 aliphatic rings. The van der Waals surface area contributed by atoms with Crippen molar-refractivity contribution in [2.75, 3.05) is 0 Å². The molecule has 0 unspecified atom stereocenters. The van der Waals surface area contributed by atoms with Crippen LogP contribution < -0.4 is 0 Å². The molecule has 0 aliphatic heterocycles. The Labute approximate surface area is 192 Å². The Morgan fingerprint density at radius 3 is 2.32 bits per heavy atom. The van der Waals surface area contributed by atoms with Crippen molar-refractivity contribution in [3.8, 4) is 0 Å². The van der Waals surface area contributed by atoms with Crippen molar-refractivity contribution in [1.29, 1.82) is 0 Å². The number of ketones is 1. The van der Waals surface area contributed by atoms with Gasteiger partial charge < -0.3 is 5.11 Å². The minimum absolute atomic E-state index is 0.242. The van der Waals surface area contributed by atoms with Gasteiger partial charge in [0.25, 0.3) is 0 Å². The van der Waals surface area contributed by atoms with Gasteiger partial charge >= 0.3 is 0 Å². The first-order valence-electron chi connectivity index (χ1n) is 13.8. The molecule has 2 heteroatoms. The van der Waals surface area contributed by atoms with Crippen molar-refractivity contribution >= 4 is 5.78 Å². The van der Waals surface area contributed by atoms with E-state index in [0.29, 0.717) is 34.4 Å². The van der Waals surface area contributed by atoms with Crippen LogP contribution in [0.4, 0.5) is 0 Å². The minimum atomic E-state index is -0.398. The first-order chi connectivity index (χ1) is 14.5. The van der Waals surface area contributed by atoms with Gasteiger partial charge in [-0.05, 0) is 117 Å². The molecule has 0 aromatic rings. The number of fused-ring (bicyclic) bond motifs is 5. The Bertz CT molecular complexity index is 670. The fraction of sp³-hybridized carbons (Fsp3) is 0.966. The quantitative estimate of drug-likeness (QED) is 0.476. The predicted octanol–water partition coefficient (Wildman–Crippen LogP) is 7.43. The monoisotopic (exact) mass is 430 g/mol. The second-order valence-electron chi connectivity index (χ2n) is 13.4. The second kappa shape index (κ2) is 8.44. The topological polar surface area (TPSA) is 37.3 Å². The molecule has 4 fully saturated rings. The van der Waals surface area contributed by atoms with Gasteiger partial charge in [0, 0.05) is 12.3 Å². The van der Waals surface area contributed by atoms with Crippen LogP contribution in [0.2, 0.25) is 0 Å². The molecule has 0 amide bonds. The summed E-state index contributed by atoms with van der Waals surface area (Å²) in [4.78, 5) is 13.0. The fourth-order valence-corrected chi connectivity index (χ4v) is 9.39. The molecular formula is C29H50O2. The molecule has 4 rings (SSSR count). The number of rotatable bonds is 6. The van der Waals surface area contributed by atoms with Crippen LogP contribution in [0.15, 0.2) is 0 Å². The van der Waals surface area contributed by atoms with Gasteiger partial charge in [0.2, 0.25) is 0 Å². The smallest absolute Gasteiger partial charge is 0.136 e. The number of carbonyl (C=O) groups is 1. The van der Waals surface area contributed by atoms with Crippen LogP contribution in [0.1, 0.15) is 119 Å². The van der Waals surface area contributed by atoms with E-state index in [0.717, 1.165) is 49.9 Å². The van der Waals surface area contributed by atoms with Crippen LogP contribution in [0.3, 0.4) is 0 Å². The van der Waals surface area contributed by atoms with Crippen LogP contribution in [-0.4, -0.2) is 16.5 Å². The lowest BCUT2D eigenvalue weighted by molar-refractivity contribution is -0.154. The largest absolute Gasteiger partial charge is 0.390 e. The average Bonchev–Trinajstić information content (AvgIpc) is 3.09. The third-order valence-corrected chi connectivity index (χ3v) is 11.6. The number of aliphatic hydroxyl groups is 1. The van der Waals surface area contributed by atoms with E-state index in [1.807, 2.05) is 0 Å². The molecule has 9 atom stereocenters. The van der Waals surface area contributed by atoms with Gasteiger partial charge in [-0.15, -0.1) is 0 Å². The molecule has 4 aliphatic carbocycles. The fourth-order valence-electron chi connectivity index (χ4n) is 9.39. The normalized spacial score (nSPS) is 48.1. The number of hydrogen-bond donors (Lipinski definition) is 1. The molecule has 0 heterocycles. The van der Waals surface area contributed by atoms with Crippen LogP contribution >= 0.6 is 0 Å². The van der Waals surface area contributed by atoms with E-state index in [-0.39, 0.29) is 5.92 Å². The van der Waals surface area contributed by atoms with Gasteiger partial charge in [-0.2, -0.15) is 0 Å². The molecule has 2 nitrogen and oxygen atoms in total. The lowest BCUT2D eigenvalue weighted by atomic mass is 9.43. The highest BCUT2D eigenvalue weighted by molar-refractivity contribution is 5.81. The summed E-state index contributed by atoms with van der Waals surface area (Å²) in [5.41, 5.74) is 0.406. The van der Waals surface area contributed by atoms with E-state index in [2.05, 4.69) is 41.5 Å². The molecule has 4 saturated carbocycles. The summed E-state index contributed by atoms with van der Waals surface area (Å²) in [5.74, 6) is 5.23. The third kappa shape index (κ3) is 3.95. The molecule has 178 valence electrons. The van der Waals surface area contributed by atoms with Gasteiger partial charge in [-0.3, -0.25) is 4.79 Å². The maximum atomic E-state index is 13.0. The molecule has 0 aromatic carbocycles. The van der Waals surface area contributed by atoms with Crippen LogP contribution in [0, 0.1) is 52.3 Å². The molecule has 0 bridgehead atoms. The van der Waals surface area contributed by atoms with Gasteiger partial charge in [0.05, 0.1) is 5.60 Å². The summed E-state index contributed by atoms with van der Waals surface area (Å²) >= 11 is 0. The predicted molar refractivity (Wildman–Crippen MR) is 129 cm³/mol.